The summed E-state index contributed by atoms with van der Waals surface area (Å²) in [7, 11) is 0. The number of pyridine rings is 1. The minimum atomic E-state index is 0.0983. The molecule has 0 bridgehead atoms. The lowest BCUT2D eigenvalue weighted by Crippen LogP contribution is -2.30. The summed E-state index contributed by atoms with van der Waals surface area (Å²) < 4.78 is 0.868. The van der Waals surface area contributed by atoms with Gasteiger partial charge in [0.1, 0.15) is 0 Å². The molecular weight excluding hydrogens is 328 g/mol. The zero-order chi connectivity index (χ0) is 14.8. The first-order chi connectivity index (χ1) is 10.2. The number of carbonyl (C=O) groups excluding carboxylic acids is 1. The minimum absolute atomic E-state index is 0.0983. The number of aryl methyl sites for hydroxylation is 1. The second-order valence-corrected chi connectivity index (χ2v) is 6.27. The number of aromatic nitrogens is 1. The maximum Gasteiger partial charge on any atom is 0.255 e. The molecule has 0 radical (unpaired) electrons. The van der Waals surface area contributed by atoms with Crippen molar-refractivity contribution in [2.24, 2.45) is 0 Å². The monoisotopic (exact) mass is 344 g/mol. The molecule has 2 aromatic rings. The van der Waals surface area contributed by atoms with Crippen LogP contribution >= 0.6 is 15.9 Å². The van der Waals surface area contributed by atoms with Crippen molar-refractivity contribution in [3.63, 3.8) is 0 Å². The largest absolute Gasteiger partial charge is 0.332 e. The normalized spacial score (nSPS) is 18.0. The van der Waals surface area contributed by atoms with Crippen LogP contribution < -0.4 is 0 Å². The summed E-state index contributed by atoms with van der Waals surface area (Å²) in [6, 6.07) is 10.0. The maximum absolute atomic E-state index is 12.8. The molecule has 108 valence electrons. The first kappa shape index (κ1) is 14.3. The molecule has 1 unspecified atom stereocenters. The molecule has 1 aliphatic heterocycles. The van der Waals surface area contributed by atoms with Crippen LogP contribution in [0, 0.1) is 6.92 Å². The highest BCUT2D eigenvalue weighted by molar-refractivity contribution is 9.10. The summed E-state index contributed by atoms with van der Waals surface area (Å²) in [4.78, 5) is 18.9. The van der Waals surface area contributed by atoms with Gasteiger partial charge in [0.05, 0.1) is 11.6 Å². The van der Waals surface area contributed by atoms with Gasteiger partial charge in [-0.25, -0.2) is 0 Å². The lowest BCUT2D eigenvalue weighted by Gasteiger charge is -2.25. The van der Waals surface area contributed by atoms with E-state index in [0.29, 0.717) is 0 Å². The van der Waals surface area contributed by atoms with Crippen LogP contribution in [0.25, 0.3) is 0 Å². The Morgan fingerprint density at radius 2 is 2.05 bits per heavy atom. The third-order valence-electron chi connectivity index (χ3n) is 3.96. The number of nitrogens with zero attached hydrogens (tertiary/aromatic N) is 2. The van der Waals surface area contributed by atoms with Gasteiger partial charge in [-0.15, -0.1) is 0 Å². The summed E-state index contributed by atoms with van der Waals surface area (Å²) in [5.41, 5.74) is 3.05. The van der Waals surface area contributed by atoms with Gasteiger partial charge >= 0.3 is 0 Å². The first-order valence-corrected chi connectivity index (χ1v) is 7.93. The van der Waals surface area contributed by atoms with Crippen molar-refractivity contribution in [3.8, 4) is 0 Å². The zero-order valence-corrected chi connectivity index (χ0v) is 13.5. The zero-order valence-electron chi connectivity index (χ0n) is 11.9. The molecule has 1 aliphatic rings. The van der Waals surface area contributed by atoms with E-state index < -0.39 is 0 Å². The van der Waals surface area contributed by atoms with Gasteiger partial charge in [-0.05, 0) is 71.1 Å². The van der Waals surface area contributed by atoms with Crippen molar-refractivity contribution >= 4 is 21.8 Å². The molecule has 1 aromatic heterocycles. The van der Waals surface area contributed by atoms with Gasteiger partial charge in [0, 0.05) is 23.4 Å². The van der Waals surface area contributed by atoms with Crippen LogP contribution in [0.4, 0.5) is 0 Å². The highest BCUT2D eigenvalue weighted by Crippen LogP contribution is 2.34. The second-order valence-electron chi connectivity index (χ2n) is 5.42. The molecule has 0 saturated carbocycles. The number of halogens is 1. The van der Waals surface area contributed by atoms with Gasteiger partial charge in [-0.3, -0.25) is 9.78 Å². The Bertz CT molecular complexity index is 657. The van der Waals surface area contributed by atoms with Crippen molar-refractivity contribution < 1.29 is 4.79 Å². The molecule has 0 spiro atoms. The van der Waals surface area contributed by atoms with Crippen LogP contribution in [0.15, 0.2) is 47.2 Å². The molecule has 2 heterocycles. The van der Waals surface area contributed by atoms with Gasteiger partial charge in [0.2, 0.25) is 0 Å². The van der Waals surface area contributed by atoms with Gasteiger partial charge in [0.15, 0.2) is 0 Å². The quantitative estimate of drug-likeness (QED) is 0.820. The fraction of sp³-hybridized carbons (Fsp3) is 0.294. The van der Waals surface area contributed by atoms with Crippen molar-refractivity contribution in [2.75, 3.05) is 6.54 Å². The molecule has 21 heavy (non-hydrogen) atoms. The Hall–Kier alpha value is -1.68. The van der Waals surface area contributed by atoms with Gasteiger partial charge in [-0.2, -0.15) is 0 Å². The van der Waals surface area contributed by atoms with Crippen molar-refractivity contribution in [1.29, 1.82) is 0 Å². The Balaban J connectivity index is 1.90. The van der Waals surface area contributed by atoms with Crippen molar-refractivity contribution in [3.05, 3.63) is 63.9 Å². The van der Waals surface area contributed by atoms with Crippen LogP contribution in [0.3, 0.4) is 0 Å². The van der Waals surface area contributed by atoms with Crippen molar-refractivity contribution in [2.45, 2.75) is 25.8 Å². The van der Waals surface area contributed by atoms with E-state index in [9.17, 15) is 4.79 Å². The Morgan fingerprint density at radius 1 is 1.29 bits per heavy atom. The minimum Gasteiger partial charge on any atom is -0.332 e. The van der Waals surface area contributed by atoms with E-state index in [4.69, 9.17) is 0 Å². The predicted octanol–water partition coefficient (Wildman–Crippen LogP) is 4.13. The standard InChI is InChI=1S/C17H17BrN2O/c1-12-4-5-14(15(18)11-12)17(21)20-10-2-3-16(20)13-6-8-19-9-7-13/h4-9,11,16H,2-3,10H2,1H3. The van der Waals surface area contributed by atoms with E-state index >= 15 is 0 Å². The predicted molar refractivity (Wildman–Crippen MR) is 86.1 cm³/mol. The van der Waals surface area contributed by atoms with E-state index in [1.807, 2.05) is 42.2 Å². The fourth-order valence-corrected chi connectivity index (χ4v) is 3.55. The molecule has 1 atom stereocenters. The number of carbonyl (C=O) groups is 1. The average Bonchev–Trinajstić information content (AvgIpc) is 2.97. The molecule has 3 nitrogen and oxygen atoms in total. The SMILES string of the molecule is Cc1ccc(C(=O)N2CCCC2c2ccncc2)c(Br)c1. The third-order valence-corrected chi connectivity index (χ3v) is 4.62. The molecular formula is C17H17BrN2O. The molecule has 1 fully saturated rings. The Kier molecular flexibility index (Phi) is 4.06. The molecule has 1 aromatic carbocycles. The van der Waals surface area contributed by atoms with E-state index in [2.05, 4.69) is 20.9 Å². The van der Waals surface area contributed by atoms with Crippen LogP contribution in [0.5, 0.6) is 0 Å². The Morgan fingerprint density at radius 3 is 2.76 bits per heavy atom. The second kappa shape index (κ2) is 5.98. The van der Waals surface area contributed by atoms with E-state index in [1.54, 1.807) is 12.4 Å². The third kappa shape index (κ3) is 2.86. The molecule has 0 N–H and O–H groups in total. The number of benzene rings is 1. The number of hydrogen-bond donors (Lipinski definition) is 0. The fourth-order valence-electron chi connectivity index (χ4n) is 2.89. The first-order valence-electron chi connectivity index (χ1n) is 7.14. The molecule has 3 rings (SSSR count). The molecule has 1 amide bonds. The summed E-state index contributed by atoms with van der Waals surface area (Å²) in [6.07, 6.45) is 5.64. The summed E-state index contributed by atoms with van der Waals surface area (Å²) in [5.74, 6) is 0.0983. The van der Waals surface area contributed by atoms with Crippen LogP contribution in [-0.4, -0.2) is 22.3 Å². The maximum atomic E-state index is 12.8. The van der Waals surface area contributed by atoms with Crippen LogP contribution in [0.2, 0.25) is 0 Å². The summed E-state index contributed by atoms with van der Waals surface area (Å²) in [5, 5.41) is 0. The van der Waals surface area contributed by atoms with E-state index in [0.717, 1.165) is 35.0 Å². The number of amides is 1. The van der Waals surface area contributed by atoms with E-state index in [1.165, 1.54) is 5.56 Å². The summed E-state index contributed by atoms with van der Waals surface area (Å²) in [6.45, 7) is 2.83. The number of likely N-dealkylation sites (tertiary alicyclic amines) is 1. The van der Waals surface area contributed by atoms with Gasteiger partial charge in [-0.1, -0.05) is 6.07 Å². The lowest BCUT2D eigenvalue weighted by atomic mass is 10.1. The van der Waals surface area contributed by atoms with Gasteiger partial charge in [0.25, 0.3) is 5.91 Å². The smallest absolute Gasteiger partial charge is 0.255 e. The molecule has 4 heteroatoms. The van der Waals surface area contributed by atoms with Gasteiger partial charge < -0.3 is 4.90 Å². The molecule has 1 saturated heterocycles. The number of rotatable bonds is 2. The van der Waals surface area contributed by atoms with Crippen LogP contribution in [0.1, 0.15) is 40.4 Å². The number of hydrogen-bond acceptors (Lipinski definition) is 2. The van der Waals surface area contributed by atoms with Crippen LogP contribution in [-0.2, 0) is 0 Å². The topological polar surface area (TPSA) is 33.2 Å². The highest BCUT2D eigenvalue weighted by Gasteiger charge is 2.31. The van der Waals surface area contributed by atoms with E-state index in [-0.39, 0.29) is 11.9 Å². The summed E-state index contributed by atoms with van der Waals surface area (Å²) >= 11 is 3.51. The lowest BCUT2D eigenvalue weighted by molar-refractivity contribution is 0.0734. The highest BCUT2D eigenvalue weighted by atomic mass is 79.9. The Labute approximate surface area is 133 Å². The molecule has 0 aliphatic carbocycles. The van der Waals surface area contributed by atoms with Crippen molar-refractivity contribution in [1.82, 2.24) is 9.88 Å². The average molecular weight is 345 g/mol.